The van der Waals surface area contributed by atoms with E-state index in [9.17, 15) is 9.59 Å². The number of tetrazole rings is 1. The van der Waals surface area contributed by atoms with Gasteiger partial charge in [-0.2, -0.15) is 0 Å². The van der Waals surface area contributed by atoms with Crippen LogP contribution in [0.5, 0.6) is 0 Å². The van der Waals surface area contributed by atoms with Crippen LogP contribution in [0.3, 0.4) is 0 Å². The van der Waals surface area contributed by atoms with Gasteiger partial charge in [0.05, 0.1) is 11.8 Å². The largest absolute Gasteiger partial charge is 0.346 e. The van der Waals surface area contributed by atoms with Crippen LogP contribution in [0, 0.1) is 13.8 Å². The van der Waals surface area contributed by atoms with Crippen molar-refractivity contribution < 1.29 is 9.59 Å². The summed E-state index contributed by atoms with van der Waals surface area (Å²) in [4.78, 5) is 24.1. The van der Waals surface area contributed by atoms with Crippen LogP contribution >= 0.6 is 11.8 Å². The van der Waals surface area contributed by atoms with E-state index in [2.05, 4.69) is 26.2 Å². The molecule has 1 aromatic carbocycles. The number of rotatable bonds is 6. The standard InChI is InChI=1S/C15H20N6O2S/c1-9-6-5-7-10(2)13(9)17-12(22)8-16-14(23)11(3)24-15-18-19-20-21(15)4/h5-7,11H,8H2,1-4H3,(H,16,23)(H,17,22)/t11-/m0/s1. The third-order valence-corrected chi connectivity index (χ3v) is 4.53. The van der Waals surface area contributed by atoms with Gasteiger partial charge in [-0.15, -0.1) is 5.10 Å². The number of carbonyl (C=O) groups is 2. The molecule has 2 aromatic rings. The Morgan fingerprint density at radius 3 is 2.54 bits per heavy atom. The average Bonchev–Trinajstić information content (AvgIpc) is 2.93. The van der Waals surface area contributed by atoms with E-state index in [1.807, 2.05) is 32.0 Å². The van der Waals surface area contributed by atoms with Gasteiger partial charge in [0.15, 0.2) is 0 Å². The Bertz CT molecular complexity index is 725. The number of nitrogens with one attached hydrogen (secondary N) is 2. The van der Waals surface area contributed by atoms with Crippen LogP contribution in [0.25, 0.3) is 0 Å². The third-order valence-electron chi connectivity index (χ3n) is 3.40. The van der Waals surface area contributed by atoms with Crippen molar-refractivity contribution in [1.82, 2.24) is 25.5 Å². The molecule has 24 heavy (non-hydrogen) atoms. The molecule has 0 radical (unpaired) electrons. The molecular formula is C15H20N6O2S. The van der Waals surface area contributed by atoms with Crippen LogP contribution in [0.15, 0.2) is 23.4 Å². The number of nitrogens with zero attached hydrogens (tertiary/aromatic N) is 4. The van der Waals surface area contributed by atoms with Gasteiger partial charge in [-0.3, -0.25) is 9.59 Å². The Balaban J connectivity index is 1.85. The van der Waals surface area contributed by atoms with E-state index >= 15 is 0 Å². The van der Waals surface area contributed by atoms with E-state index in [1.165, 1.54) is 16.4 Å². The Hall–Kier alpha value is -2.42. The molecule has 1 atom stereocenters. The monoisotopic (exact) mass is 348 g/mol. The number of hydrogen-bond donors (Lipinski definition) is 2. The lowest BCUT2D eigenvalue weighted by Crippen LogP contribution is -2.37. The van der Waals surface area contributed by atoms with Gasteiger partial charge in [-0.05, 0) is 42.3 Å². The summed E-state index contributed by atoms with van der Waals surface area (Å²) in [6, 6.07) is 5.78. The summed E-state index contributed by atoms with van der Waals surface area (Å²) in [6.07, 6.45) is 0. The zero-order valence-electron chi connectivity index (χ0n) is 14.0. The van der Waals surface area contributed by atoms with Crippen molar-refractivity contribution in [1.29, 1.82) is 0 Å². The molecule has 2 N–H and O–H groups in total. The first-order chi connectivity index (χ1) is 11.4. The summed E-state index contributed by atoms with van der Waals surface area (Å²) in [7, 11) is 1.70. The van der Waals surface area contributed by atoms with Crippen molar-refractivity contribution >= 4 is 29.3 Å². The normalized spacial score (nSPS) is 11.8. The van der Waals surface area contributed by atoms with Gasteiger partial charge in [0.25, 0.3) is 0 Å². The summed E-state index contributed by atoms with van der Waals surface area (Å²) in [5.41, 5.74) is 2.74. The minimum Gasteiger partial charge on any atom is -0.346 e. The highest BCUT2D eigenvalue weighted by Crippen LogP contribution is 2.20. The van der Waals surface area contributed by atoms with Crippen LogP contribution in [-0.2, 0) is 16.6 Å². The third kappa shape index (κ3) is 4.54. The quantitative estimate of drug-likeness (QED) is 0.757. The number of para-hydroxylation sites is 1. The molecule has 0 aliphatic rings. The predicted molar refractivity (Wildman–Crippen MR) is 91.7 cm³/mol. The highest BCUT2D eigenvalue weighted by molar-refractivity contribution is 8.00. The number of carbonyl (C=O) groups excluding carboxylic acids is 2. The van der Waals surface area contributed by atoms with Crippen LogP contribution in [0.4, 0.5) is 5.69 Å². The molecule has 1 heterocycles. The zero-order valence-corrected chi connectivity index (χ0v) is 14.8. The van der Waals surface area contributed by atoms with E-state index in [4.69, 9.17) is 0 Å². The summed E-state index contributed by atoms with van der Waals surface area (Å²) >= 11 is 1.23. The maximum atomic E-state index is 12.1. The fourth-order valence-electron chi connectivity index (χ4n) is 2.04. The van der Waals surface area contributed by atoms with E-state index in [-0.39, 0.29) is 18.4 Å². The molecule has 2 amide bonds. The fourth-order valence-corrected chi connectivity index (χ4v) is 2.82. The molecule has 0 aliphatic carbocycles. The molecule has 8 nitrogen and oxygen atoms in total. The van der Waals surface area contributed by atoms with Gasteiger partial charge in [0, 0.05) is 12.7 Å². The Kier molecular flexibility index (Phi) is 5.91. The number of aryl methyl sites for hydroxylation is 3. The zero-order chi connectivity index (χ0) is 17.7. The van der Waals surface area contributed by atoms with Crippen molar-refractivity contribution in [3.8, 4) is 0 Å². The van der Waals surface area contributed by atoms with Gasteiger partial charge < -0.3 is 10.6 Å². The summed E-state index contributed by atoms with van der Waals surface area (Å²) in [6.45, 7) is 5.50. The predicted octanol–water partition coefficient (Wildman–Crippen LogP) is 1.06. The smallest absolute Gasteiger partial charge is 0.243 e. The lowest BCUT2D eigenvalue weighted by atomic mass is 10.1. The Labute approximate surface area is 144 Å². The van der Waals surface area contributed by atoms with Crippen molar-refractivity contribution in [2.24, 2.45) is 7.05 Å². The van der Waals surface area contributed by atoms with Gasteiger partial charge >= 0.3 is 0 Å². The van der Waals surface area contributed by atoms with Gasteiger partial charge in [0.2, 0.25) is 17.0 Å². The fraction of sp³-hybridized carbons (Fsp3) is 0.400. The SMILES string of the molecule is Cc1cccc(C)c1NC(=O)CNC(=O)[C@H](C)Sc1nnnn1C. The second kappa shape index (κ2) is 7.91. The van der Waals surface area contributed by atoms with Crippen LogP contribution in [-0.4, -0.2) is 43.8 Å². The number of anilines is 1. The van der Waals surface area contributed by atoms with Crippen molar-refractivity contribution in [3.05, 3.63) is 29.3 Å². The lowest BCUT2D eigenvalue weighted by Gasteiger charge is -2.13. The number of thioether (sulfide) groups is 1. The Morgan fingerprint density at radius 2 is 1.96 bits per heavy atom. The first kappa shape index (κ1) is 17.9. The second-order valence-electron chi connectivity index (χ2n) is 5.38. The first-order valence-electron chi connectivity index (χ1n) is 7.41. The van der Waals surface area contributed by atoms with Crippen LogP contribution in [0.2, 0.25) is 0 Å². The molecule has 0 unspecified atom stereocenters. The highest BCUT2D eigenvalue weighted by atomic mass is 32.2. The highest BCUT2D eigenvalue weighted by Gasteiger charge is 2.18. The summed E-state index contributed by atoms with van der Waals surface area (Å²) in [5, 5.41) is 16.6. The second-order valence-corrected chi connectivity index (χ2v) is 6.69. The molecule has 0 fully saturated rings. The topological polar surface area (TPSA) is 102 Å². The number of aromatic nitrogens is 4. The number of amides is 2. The van der Waals surface area contributed by atoms with E-state index in [1.54, 1.807) is 14.0 Å². The van der Waals surface area contributed by atoms with Crippen LogP contribution in [0.1, 0.15) is 18.1 Å². The van der Waals surface area contributed by atoms with E-state index in [0.717, 1.165) is 16.8 Å². The molecule has 0 saturated carbocycles. The van der Waals surface area contributed by atoms with Gasteiger partial charge in [-0.25, -0.2) is 4.68 Å². The molecule has 0 bridgehead atoms. The molecule has 9 heteroatoms. The van der Waals surface area contributed by atoms with Gasteiger partial charge in [-0.1, -0.05) is 30.0 Å². The average molecular weight is 348 g/mol. The molecule has 0 spiro atoms. The van der Waals surface area contributed by atoms with Gasteiger partial charge in [0.1, 0.15) is 0 Å². The number of hydrogen-bond acceptors (Lipinski definition) is 6. The maximum absolute atomic E-state index is 12.1. The molecule has 128 valence electrons. The Morgan fingerprint density at radius 1 is 1.29 bits per heavy atom. The summed E-state index contributed by atoms with van der Waals surface area (Å²) in [5.74, 6) is -0.516. The van der Waals surface area contributed by atoms with Crippen molar-refractivity contribution in [3.63, 3.8) is 0 Å². The molecule has 1 aromatic heterocycles. The van der Waals surface area contributed by atoms with Crippen LogP contribution < -0.4 is 10.6 Å². The molecular weight excluding hydrogens is 328 g/mol. The van der Waals surface area contributed by atoms with Crippen molar-refractivity contribution in [2.75, 3.05) is 11.9 Å². The maximum Gasteiger partial charge on any atom is 0.243 e. The summed E-state index contributed by atoms with van der Waals surface area (Å²) < 4.78 is 1.49. The lowest BCUT2D eigenvalue weighted by molar-refractivity contribution is -0.123. The van der Waals surface area contributed by atoms with Crippen molar-refractivity contribution in [2.45, 2.75) is 31.2 Å². The molecule has 0 saturated heterocycles. The number of benzene rings is 1. The van der Waals surface area contributed by atoms with E-state index in [0.29, 0.717) is 5.16 Å². The molecule has 0 aliphatic heterocycles. The minimum absolute atomic E-state index is 0.0887. The van der Waals surface area contributed by atoms with E-state index < -0.39 is 5.25 Å². The molecule has 2 rings (SSSR count). The first-order valence-corrected chi connectivity index (χ1v) is 8.29. The minimum atomic E-state index is -0.414.